The molecule has 6 nitrogen and oxygen atoms in total. The molecule has 1 rings (SSSR count). The Morgan fingerprint density at radius 2 is 2.19 bits per heavy atom. The van der Waals surface area contributed by atoms with E-state index < -0.39 is 7.37 Å². The van der Waals surface area contributed by atoms with Crippen molar-refractivity contribution in [1.82, 2.24) is 4.98 Å². The van der Waals surface area contributed by atoms with Crippen molar-refractivity contribution >= 4 is 24.8 Å². The van der Waals surface area contributed by atoms with Gasteiger partial charge >= 0.3 is 5.97 Å². The normalized spacial score (nSPS) is 14.1. The number of aliphatic hydroxyl groups is 1. The molecule has 1 heterocycles. The molecule has 0 aliphatic heterocycles. The van der Waals surface area contributed by atoms with Gasteiger partial charge in [0.15, 0.2) is 0 Å². The Morgan fingerprint density at radius 1 is 1.48 bits per heavy atom. The van der Waals surface area contributed by atoms with E-state index in [4.69, 9.17) is 4.52 Å². The van der Waals surface area contributed by atoms with Crippen molar-refractivity contribution in [3.8, 4) is 0 Å². The zero-order valence-corrected chi connectivity index (χ0v) is 13.3. The van der Waals surface area contributed by atoms with E-state index in [-0.39, 0.29) is 19.0 Å². The van der Waals surface area contributed by atoms with E-state index in [0.717, 1.165) is 0 Å². The molecule has 116 valence electrons. The van der Waals surface area contributed by atoms with Gasteiger partial charge in [-0.1, -0.05) is 12.2 Å². The minimum absolute atomic E-state index is 0.137. The summed E-state index contributed by atoms with van der Waals surface area (Å²) < 4.78 is 22.2. The second-order valence-electron chi connectivity index (χ2n) is 4.35. The first kappa shape index (κ1) is 17.6. The third kappa shape index (κ3) is 5.42. The monoisotopic (exact) mass is 313 g/mol. The summed E-state index contributed by atoms with van der Waals surface area (Å²) in [5.74, 6) is -0.349. The first-order valence-corrected chi connectivity index (χ1v) is 8.58. The maximum absolute atomic E-state index is 12.4. The zero-order chi connectivity index (χ0) is 15.9. The fraction of sp³-hybridized carbons (Fsp3) is 0.429. The van der Waals surface area contributed by atoms with Gasteiger partial charge in [-0.25, -0.2) is 4.98 Å². The number of pyridine rings is 1. The van der Waals surface area contributed by atoms with Crippen LogP contribution in [0.5, 0.6) is 0 Å². The number of methoxy groups -OCH3 is 1. The Morgan fingerprint density at radius 3 is 2.76 bits per heavy atom. The lowest BCUT2D eigenvalue weighted by molar-refractivity contribution is -0.139. The minimum atomic E-state index is -3.02. The predicted octanol–water partition coefficient (Wildman–Crippen LogP) is 1.72. The highest BCUT2D eigenvalue weighted by atomic mass is 31.2. The van der Waals surface area contributed by atoms with E-state index in [9.17, 15) is 14.5 Å². The number of aromatic nitrogens is 1. The van der Waals surface area contributed by atoms with Crippen LogP contribution in [-0.4, -0.2) is 36.4 Å². The first-order valence-electron chi connectivity index (χ1n) is 6.50. The van der Waals surface area contributed by atoms with E-state index in [1.165, 1.54) is 13.8 Å². The maximum atomic E-state index is 12.4. The van der Waals surface area contributed by atoms with Crippen molar-refractivity contribution in [1.29, 1.82) is 0 Å². The largest absolute Gasteiger partial charge is 0.469 e. The van der Waals surface area contributed by atoms with Gasteiger partial charge in [0.05, 0.1) is 32.4 Å². The minimum Gasteiger partial charge on any atom is -0.469 e. The van der Waals surface area contributed by atoms with Crippen LogP contribution in [0.1, 0.15) is 24.6 Å². The summed E-state index contributed by atoms with van der Waals surface area (Å²) in [5.41, 5.74) is 1.38. The van der Waals surface area contributed by atoms with Crippen LogP contribution in [0.3, 0.4) is 0 Å². The Hall–Kier alpha value is -1.49. The van der Waals surface area contributed by atoms with Gasteiger partial charge in [0.2, 0.25) is 7.37 Å². The van der Waals surface area contributed by atoms with Gasteiger partial charge in [0.1, 0.15) is 5.44 Å². The van der Waals surface area contributed by atoms with Crippen molar-refractivity contribution in [3.63, 3.8) is 0 Å². The Labute approximate surface area is 124 Å². The van der Waals surface area contributed by atoms with E-state index in [0.29, 0.717) is 23.3 Å². The van der Waals surface area contributed by atoms with Crippen molar-refractivity contribution < 1.29 is 23.7 Å². The molecule has 1 atom stereocenters. The number of hydrogen-bond acceptors (Lipinski definition) is 6. The summed E-state index contributed by atoms with van der Waals surface area (Å²) >= 11 is 0. The second kappa shape index (κ2) is 8.08. The molecule has 0 saturated carbocycles. The lowest BCUT2D eigenvalue weighted by atomic mass is 10.2. The molecule has 0 aliphatic carbocycles. The van der Waals surface area contributed by atoms with E-state index in [2.05, 4.69) is 9.72 Å². The van der Waals surface area contributed by atoms with E-state index in [1.54, 1.807) is 31.2 Å². The molecule has 1 aromatic rings. The molecule has 0 aliphatic rings. The van der Waals surface area contributed by atoms with Crippen LogP contribution in [0.15, 0.2) is 18.2 Å². The summed E-state index contributed by atoms with van der Waals surface area (Å²) in [6.07, 6.45) is 3.46. The van der Waals surface area contributed by atoms with Crippen molar-refractivity contribution in [3.05, 3.63) is 29.5 Å². The number of carbonyl (C=O) groups is 1. The van der Waals surface area contributed by atoms with Gasteiger partial charge in [-0.05, 0) is 24.6 Å². The Bertz CT molecular complexity index is 570. The first-order chi connectivity index (χ1) is 9.92. The lowest BCUT2D eigenvalue weighted by Crippen LogP contribution is -2.14. The molecule has 0 bridgehead atoms. The van der Waals surface area contributed by atoms with Gasteiger partial charge in [0.25, 0.3) is 0 Å². The topological polar surface area (TPSA) is 85.7 Å². The van der Waals surface area contributed by atoms with E-state index >= 15 is 0 Å². The quantitative estimate of drug-likeness (QED) is 0.609. The molecular weight excluding hydrogens is 293 g/mol. The molecule has 0 fully saturated rings. The highest BCUT2D eigenvalue weighted by Gasteiger charge is 2.21. The molecule has 1 unspecified atom stereocenters. The number of esters is 1. The summed E-state index contributed by atoms with van der Waals surface area (Å²) in [7, 11) is -1.70. The van der Waals surface area contributed by atoms with Crippen molar-refractivity contribution in [2.75, 3.05) is 20.4 Å². The number of nitrogens with zero attached hydrogens (tertiary/aromatic N) is 1. The highest BCUT2D eigenvalue weighted by molar-refractivity contribution is 7.65. The fourth-order valence-electron chi connectivity index (χ4n) is 1.67. The van der Waals surface area contributed by atoms with Gasteiger partial charge in [0, 0.05) is 6.66 Å². The van der Waals surface area contributed by atoms with Crippen LogP contribution < -0.4 is 5.44 Å². The van der Waals surface area contributed by atoms with E-state index in [1.807, 2.05) is 0 Å². The number of hydrogen-bond donors (Lipinski definition) is 1. The van der Waals surface area contributed by atoms with Crippen LogP contribution in [0.2, 0.25) is 0 Å². The van der Waals surface area contributed by atoms with Crippen molar-refractivity contribution in [2.24, 2.45) is 0 Å². The summed E-state index contributed by atoms with van der Waals surface area (Å²) in [4.78, 5) is 15.2. The van der Waals surface area contributed by atoms with Gasteiger partial charge in [-0.15, -0.1) is 0 Å². The molecule has 21 heavy (non-hydrogen) atoms. The van der Waals surface area contributed by atoms with Crippen LogP contribution >= 0.6 is 7.37 Å². The SMILES string of the molecule is CCOP(C)(=O)c1cc(/C=C/CC(=O)OC)cc(CO)n1. The smallest absolute Gasteiger partial charge is 0.309 e. The fourth-order valence-corrected chi connectivity index (χ4v) is 2.99. The molecule has 1 aromatic heterocycles. The number of aliphatic hydroxyl groups excluding tert-OH is 1. The van der Waals surface area contributed by atoms with Crippen molar-refractivity contribution in [2.45, 2.75) is 20.0 Å². The molecular formula is C14H20NO5P. The Balaban J connectivity index is 3.05. The van der Waals surface area contributed by atoms with Gasteiger partial charge in [-0.3, -0.25) is 9.36 Å². The third-order valence-electron chi connectivity index (χ3n) is 2.66. The second-order valence-corrected chi connectivity index (χ2v) is 6.76. The van der Waals surface area contributed by atoms with Crippen LogP contribution in [-0.2, 0) is 25.2 Å². The number of rotatable bonds is 7. The molecule has 0 radical (unpaired) electrons. The maximum Gasteiger partial charge on any atom is 0.309 e. The van der Waals surface area contributed by atoms with Crippen LogP contribution in [0.25, 0.3) is 6.08 Å². The van der Waals surface area contributed by atoms with Crippen LogP contribution in [0.4, 0.5) is 0 Å². The standard InChI is InChI=1S/C14H20NO5P/c1-4-20-21(3,18)13-9-11(8-12(10-16)15-13)6-5-7-14(17)19-2/h5-6,8-9,16H,4,7,10H2,1-3H3/b6-5+. The molecule has 1 N–H and O–H groups in total. The predicted molar refractivity (Wildman–Crippen MR) is 80.6 cm³/mol. The Kier molecular flexibility index (Phi) is 6.75. The summed E-state index contributed by atoms with van der Waals surface area (Å²) in [5, 5.41) is 9.24. The molecule has 0 spiro atoms. The third-order valence-corrected chi connectivity index (χ3v) is 4.48. The average molecular weight is 313 g/mol. The number of carbonyl (C=O) groups excluding carboxylic acids is 1. The van der Waals surface area contributed by atoms with Gasteiger partial charge in [-0.2, -0.15) is 0 Å². The molecule has 0 amide bonds. The lowest BCUT2D eigenvalue weighted by Gasteiger charge is -2.13. The van der Waals surface area contributed by atoms with Gasteiger partial charge < -0.3 is 14.4 Å². The molecule has 0 aromatic carbocycles. The molecule has 0 saturated heterocycles. The van der Waals surface area contributed by atoms with Crippen LogP contribution in [0, 0.1) is 0 Å². The highest BCUT2D eigenvalue weighted by Crippen LogP contribution is 2.40. The zero-order valence-electron chi connectivity index (χ0n) is 12.4. The molecule has 7 heteroatoms. The summed E-state index contributed by atoms with van der Waals surface area (Å²) in [6, 6.07) is 3.28. The number of ether oxygens (including phenoxy) is 1. The average Bonchev–Trinajstić information content (AvgIpc) is 2.46. The summed E-state index contributed by atoms with van der Waals surface area (Å²) in [6.45, 7) is 3.29.